The Balaban J connectivity index is 3.77. The van der Waals surface area contributed by atoms with Crippen LogP contribution in [0.25, 0.3) is 0 Å². The first-order valence-electron chi connectivity index (χ1n) is 7.73. The second-order valence-electron chi connectivity index (χ2n) is 6.00. The minimum Gasteiger partial charge on any atom is -0.384 e. The smallest absolute Gasteiger partial charge is 0.330 e. The van der Waals surface area contributed by atoms with Crippen LogP contribution in [-0.2, 0) is 18.5 Å². The fourth-order valence-electron chi connectivity index (χ4n) is 1.93. The summed E-state index contributed by atoms with van der Waals surface area (Å²) in [6.07, 6.45) is 1.75. The molecule has 0 heterocycles. The Kier molecular flexibility index (Phi) is 12.0. The Morgan fingerprint density at radius 1 is 1.10 bits per heavy atom. The lowest BCUT2D eigenvalue weighted by atomic mass is 9.96. The summed E-state index contributed by atoms with van der Waals surface area (Å²) < 4.78 is 21.6. The van der Waals surface area contributed by atoms with Crippen molar-refractivity contribution < 1.29 is 23.4 Å². The molecule has 21 heavy (non-hydrogen) atoms. The summed E-state index contributed by atoms with van der Waals surface area (Å²) in [5, 5.41) is 0. The fraction of sp³-hybridized carbons (Fsp3) is 1.00. The van der Waals surface area contributed by atoms with Crippen LogP contribution in [-0.4, -0.2) is 50.8 Å². The van der Waals surface area contributed by atoms with Gasteiger partial charge in [-0.2, -0.15) is 0 Å². The second kappa shape index (κ2) is 11.8. The first kappa shape index (κ1) is 21.3. The summed E-state index contributed by atoms with van der Waals surface area (Å²) >= 11 is 0. The van der Waals surface area contributed by atoms with Crippen LogP contribution in [0.15, 0.2) is 0 Å². The van der Waals surface area contributed by atoms with Gasteiger partial charge in [-0.1, -0.05) is 13.8 Å². The number of hydrogen-bond donors (Lipinski definition) is 1. The van der Waals surface area contributed by atoms with Crippen molar-refractivity contribution in [1.82, 2.24) is 0 Å². The van der Waals surface area contributed by atoms with E-state index in [1.165, 1.54) is 0 Å². The number of rotatable bonds is 12. The van der Waals surface area contributed by atoms with Crippen LogP contribution in [0.3, 0.4) is 0 Å². The van der Waals surface area contributed by atoms with Crippen molar-refractivity contribution in [3.8, 4) is 0 Å². The van der Waals surface area contributed by atoms with Crippen LogP contribution >= 0.6 is 8.60 Å². The standard InChI is InChI=1S/C14H32BO5P/c1-10(2)9-11(3)19-14(15)7-8-18-21(16)20-13(5)12(4)17-6/h10-14,16H,7-9,15H2,1-6H3/t11-,12-,13?,14?,21?/m0/s1. The van der Waals surface area contributed by atoms with Crippen LogP contribution in [0.5, 0.6) is 0 Å². The third-order valence-corrected chi connectivity index (χ3v) is 4.20. The van der Waals surface area contributed by atoms with E-state index >= 15 is 0 Å². The molecule has 0 aromatic rings. The lowest BCUT2D eigenvalue weighted by molar-refractivity contribution is 0.00666. The van der Waals surface area contributed by atoms with Crippen molar-refractivity contribution in [2.45, 2.75) is 71.8 Å². The van der Waals surface area contributed by atoms with E-state index in [1.54, 1.807) is 7.11 Å². The predicted molar refractivity (Wildman–Crippen MR) is 89.1 cm³/mol. The van der Waals surface area contributed by atoms with E-state index in [9.17, 15) is 4.89 Å². The van der Waals surface area contributed by atoms with Gasteiger partial charge in [0.25, 0.3) is 0 Å². The molecular weight excluding hydrogens is 290 g/mol. The van der Waals surface area contributed by atoms with Crippen LogP contribution < -0.4 is 0 Å². The molecular formula is C14H32BO5P. The average molecular weight is 322 g/mol. The van der Waals surface area contributed by atoms with Gasteiger partial charge >= 0.3 is 8.60 Å². The molecule has 0 radical (unpaired) electrons. The third kappa shape index (κ3) is 11.5. The quantitative estimate of drug-likeness (QED) is 0.442. The Labute approximate surface area is 132 Å². The Bertz CT molecular complexity index is 258. The number of hydrogen-bond acceptors (Lipinski definition) is 5. The Morgan fingerprint density at radius 2 is 1.71 bits per heavy atom. The lowest BCUT2D eigenvalue weighted by Crippen LogP contribution is -2.24. The van der Waals surface area contributed by atoms with Gasteiger partial charge in [-0.15, -0.1) is 0 Å². The molecule has 7 heteroatoms. The Hall–Kier alpha value is 0.295. The molecule has 0 saturated heterocycles. The molecule has 3 unspecified atom stereocenters. The molecule has 0 amide bonds. The number of methoxy groups -OCH3 is 1. The second-order valence-corrected chi connectivity index (χ2v) is 6.94. The van der Waals surface area contributed by atoms with Gasteiger partial charge in [0.05, 0.1) is 24.9 Å². The molecule has 1 N–H and O–H groups in total. The molecule has 0 rings (SSSR count). The van der Waals surface area contributed by atoms with Gasteiger partial charge in [-0.25, -0.2) is 0 Å². The summed E-state index contributed by atoms with van der Waals surface area (Å²) in [4.78, 5) is 9.70. The largest absolute Gasteiger partial charge is 0.384 e. The van der Waals surface area contributed by atoms with Gasteiger partial charge < -0.3 is 23.4 Å². The van der Waals surface area contributed by atoms with E-state index in [-0.39, 0.29) is 24.3 Å². The molecule has 0 spiro atoms. The lowest BCUT2D eigenvalue weighted by Gasteiger charge is -2.23. The molecule has 0 aliphatic carbocycles. The zero-order chi connectivity index (χ0) is 16.4. The highest BCUT2D eigenvalue weighted by Crippen LogP contribution is 2.35. The summed E-state index contributed by atoms with van der Waals surface area (Å²) in [5.74, 6) is 0.631. The van der Waals surface area contributed by atoms with Gasteiger partial charge in [-0.3, -0.25) is 0 Å². The normalized spacial score (nSPS) is 19.2. The van der Waals surface area contributed by atoms with Crippen molar-refractivity contribution in [3.05, 3.63) is 0 Å². The van der Waals surface area contributed by atoms with Crippen molar-refractivity contribution in [2.24, 2.45) is 5.92 Å². The van der Waals surface area contributed by atoms with Crippen LogP contribution in [0, 0.1) is 5.92 Å². The van der Waals surface area contributed by atoms with Gasteiger partial charge in [0.1, 0.15) is 7.85 Å². The van der Waals surface area contributed by atoms with Crippen LogP contribution in [0.1, 0.15) is 47.5 Å². The fourth-order valence-corrected chi connectivity index (χ4v) is 2.71. The summed E-state index contributed by atoms with van der Waals surface area (Å²) in [5.41, 5.74) is 0. The highest BCUT2D eigenvalue weighted by Gasteiger charge is 2.18. The maximum atomic E-state index is 9.70. The van der Waals surface area contributed by atoms with E-state index in [0.29, 0.717) is 12.5 Å². The molecule has 0 aromatic carbocycles. The SMILES string of the molecule is BC(CCOP(O)OC(C)[C@H](C)OC)O[C@@H](C)CC(C)C. The minimum absolute atomic E-state index is 0.0788. The average Bonchev–Trinajstić information content (AvgIpc) is 2.36. The van der Waals surface area contributed by atoms with Gasteiger partial charge in [0.15, 0.2) is 0 Å². The van der Waals surface area contributed by atoms with Crippen LogP contribution in [0.2, 0.25) is 0 Å². The zero-order valence-electron chi connectivity index (χ0n) is 14.5. The maximum absolute atomic E-state index is 9.70. The molecule has 0 fully saturated rings. The highest BCUT2D eigenvalue weighted by molar-refractivity contribution is 7.40. The Morgan fingerprint density at radius 3 is 2.24 bits per heavy atom. The number of ether oxygens (including phenoxy) is 2. The van der Waals surface area contributed by atoms with E-state index in [2.05, 4.69) is 20.8 Å². The first-order valence-corrected chi connectivity index (χ1v) is 8.86. The van der Waals surface area contributed by atoms with Crippen LogP contribution in [0.4, 0.5) is 0 Å². The van der Waals surface area contributed by atoms with Crippen molar-refractivity contribution in [2.75, 3.05) is 13.7 Å². The molecule has 126 valence electrons. The molecule has 5 nitrogen and oxygen atoms in total. The van der Waals surface area contributed by atoms with E-state index in [1.807, 2.05) is 21.7 Å². The maximum Gasteiger partial charge on any atom is 0.330 e. The van der Waals surface area contributed by atoms with Crippen molar-refractivity contribution in [3.63, 3.8) is 0 Å². The topological polar surface area (TPSA) is 57.2 Å². The first-order chi connectivity index (χ1) is 9.76. The molecule has 0 aliphatic heterocycles. The highest BCUT2D eigenvalue weighted by atomic mass is 31.2. The summed E-state index contributed by atoms with van der Waals surface area (Å²) in [6, 6.07) is 0.109. The van der Waals surface area contributed by atoms with Gasteiger partial charge in [0.2, 0.25) is 0 Å². The zero-order valence-corrected chi connectivity index (χ0v) is 15.4. The molecule has 0 aliphatic rings. The van der Waals surface area contributed by atoms with Gasteiger partial charge in [-0.05, 0) is 39.5 Å². The summed E-state index contributed by atoms with van der Waals surface area (Å²) in [7, 11) is 1.78. The molecule has 0 saturated carbocycles. The van der Waals surface area contributed by atoms with E-state index < -0.39 is 8.60 Å². The van der Waals surface area contributed by atoms with Gasteiger partial charge in [0, 0.05) is 13.1 Å². The summed E-state index contributed by atoms with van der Waals surface area (Å²) in [6.45, 7) is 10.6. The molecule has 5 atom stereocenters. The minimum atomic E-state index is -1.86. The van der Waals surface area contributed by atoms with Crippen molar-refractivity contribution in [1.29, 1.82) is 0 Å². The monoisotopic (exact) mass is 322 g/mol. The van der Waals surface area contributed by atoms with E-state index in [4.69, 9.17) is 18.5 Å². The third-order valence-electron chi connectivity index (χ3n) is 3.28. The predicted octanol–water partition coefficient (Wildman–Crippen LogP) is 2.46. The van der Waals surface area contributed by atoms with Crippen molar-refractivity contribution >= 4 is 16.4 Å². The van der Waals surface area contributed by atoms with E-state index in [0.717, 1.165) is 12.8 Å². The molecule has 0 aromatic heterocycles. The molecule has 0 bridgehead atoms.